The highest BCUT2D eigenvalue weighted by Crippen LogP contribution is 2.28. The molecule has 1 fully saturated rings. The zero-order valence-corrected chi connectivity index (χ0v) is 9.24. The van der Waals surface area contributed by atoms with Gasteiger partial charge in [0, 0.05) is 5.54 Å². The van der Waals surface area contributed by atoms with Crippen LogP contribution in [0.15, 0.2) is 5.16 Å². The molecule has 1 rings (SSSR count). The van der Waals surface area contributed by atoms with Crippen molar-refractivity contribution in [3.63, 3.8) is 0 Å². The Morgan fingerprint density at radius 2 is 2.07 bits per heavy atom. The number of rotatable bonds is 4. The van der Waals surface area contributed by atoms with Gasteiger partial charge >= 0.3 is 0 Å². The molecule has 0 saturated heterocycles. The van der Waals surface area contributed by atoms with Gasteiger partial charge in [0.2, 0.25) is 0 Å². The Kier molecular flexibility index (Phi) is 4.35. The summed E-state index contributed by atoms with van der Waals surface area (Å²) in [6.07, 6.45) is 5.37. The number of nitrogens with zero attached hydrogens (tertiary/aromatic N) is 1. The molecule has 1 saturated carbocycles. The number of aliphatic hydroxyl groups excluding tert-OH is 1. The van der Waals surface area contributed by atoms with Gasteiger partial charge in [-0.15, -0.1) is 0 Å². The van der Waals surface area contributed by atoms with Crippen molar-refractivity contribution in [3.05, 3.63) is 0 Å². The lowest BCUT2D eigenvalue weighted by Crippen LogP contribution is -2.56. The molecule has 88 valence electrons. The van der Waals surface area contributed by atoms with E-state index in [1.165, 1.54) is 6.42 Å². The van der Waals surface area contributed by atoms with E-state index in [9.17, 15) is 5.11 Å². The second-order valence-corrected chi connectivity index (χ2v) is 4.39. The summed E-state index contributed by atoms with van der Waals surface area (Å²) >= 11 is 0. The minimum absolute atomic E-state index is 0.107. The normalized spacial score (nSPS) is 23.7. The molecule has 0 amide bonds. The fraction of sp³-hybridized carbons (Fsp3) is 0.900. The molecule has 5 nitrogen and oxygen atoms in total. The van der Waals surface area contributed by atoms with Crippen LogP contribution < -0.4 is 11.1 Å². The van der Waals surface area contributed by atoms with Crippen LogP contribution >= 0.6 is 0 Å². The van der Waals surface area contributed by atoms with Gasteiger partial charge in [-0.3, -0.25) is 5.32 Å². The number of aliphatic hydroxyl groups is 1. The predicted octanol–water partition coefficient (Wildman–Crippen LogP) is 0.406. The molecule has 5 N–H and O–H groups in total. The molecule has 1 aliphatic carbocycles. The van der Waals surface area contributed by atoms with Gasteiger partial charge in [0.15, 0.2) is 5.84 Å². The largest absolute Gasteiger partial charge is 0.409 e. The second kappa shape index (κ2) is 5.32. The Balaban J connectivity index is 2.59. The Bertz CT molecular complexity index is 225. The van der Waals surface area contributed by atoms with Crippen LogP contribution in [0.3, 0.4) is 0 Å². The second-order valence-electron chi connectivity index (χ2n) is 4.39. The molecule has 5 heteroatoms. The number of oxime groups is 1. The molecule has 0 aliphatic heterocycles. The minimum Gasteiger partial charge on any atom is -0.409 e. The fourth-order valence-corrected chi connectivity index (χ4v) is 2.20. The van der Waals surface area contributed by atoms with Crippen LogP contribution in [0.5, 0.6) is 0 Å². The van der Waals surface area contributed by atoms with E-state index in [-0.39, 0.29) is 24.0 Å². The smallest absolute Gasteiger partial charge is 0.156 e. The summed E-state index contributed by atoms with van der Waals surface area (Å²) in [4.78, 5) is 0. The maximum atomic E-state index is 9.44. The van der Waals surface area contributed by atoms with Gasteiger partial charge in [-0.05, 0) is 19.8 Å². The Morgan fingerprint density at radius 1 is 1.47 bits per heavy atom. The average molecular weight is 215 g/mol. The van der Waals surface area contributed by atoms with Crippen LogP contribution in [0.25, 0.3) is 0 Å². The van der Waals surface area contributed by atoms with Crippen molar-refractivity contribution in [2.24, 2.45) is 10.9 Å². The first kappa shape index (κ1) is 12.3. The fourth-order valence-electron chi connectivity index (χ4n) is 2.20. The number of amidine groups is 1. The first-order valence-electron chi connectivity index (χ1n) is 5.49. The van der Waals surface area contributed by atoms with E-state index in [2.05, 4.69) is 10.5 Å². The molecule has 0 bridgehead atoms. The van der Waals surface area contributed by atoms with E-state index < -0.39 is 0 Å². The van der Waals surface area contributed by atoms with Crippen molar-refractivity contribution < 1.29 is 10.3 Å². The highest BCUT2D eigenvalue weighted by molar-refractivity contribution is 5.84. The van der Waals surface area contributed by atoms with Crippen LogP contribution in [0.2, 0.25) is 0 Å². The minimum atomic E-state index is -0.243. The maximum Gasteiger partial charge on any atom is 0.156 e. The van der Waals surface area contributed by atoms with Gasteiger partial charge in [-0.25, -0.2) is 0 Å². The van der Waals surface area contributed by atoms with Crippen molar-refractivity contribution in [1.29, 1.82) is 0 Å². The molecule has 15 heavy (non-hydrogen) atoms. The summed E-state index contributed by atoms with van der Waals surface area (Å²) in [7, 11) is 0. The van der Waals surface area contributed by atoms with Gasteiger partial charge in [-0.2, -0.15) is 0 Å². The van der Waals surface area contributed by atoms with Gasteiger partial charge in [-0.1, -0.05) is 24.4 Å². The third-order valence-corrected chi connectivity index (χ3v) is 3.20. The molecule has 1 atom stereocenters. The molecule has 0 aromatic carbocycles. The highest BCUT2D eigenvalue weighted by Gasteiger charge is 2.32. The molecule has 1 aliphatic rings. The van der Waals surface area contributed by atoms with Crippen molar-refractivity contribution >= 4 is 5.84 Å². The third-order valence-electron chi connectivity index (χ3n) is 3.20. The van der Waals surface area contributed by atoms with Gasteiger partial charge < -0.3 is 16.0 Å². The summed E-state index contributed by atoms with van der Waals surface area (Å²) in [5.41, 5.74) is 5.26. The molecular weight excluding hydrogens is 194 g/mol. The Labute approximate surface area is 90.3 Å². The van der Waals surface area contributed by atoms with Gasteiger partial charge in [0.05, 0.1) is 12.6 Å². The zero-order valence-electron chi connectivity index (χ0n) is 9.24. The Hall–Kier alpha value is -0.810. The van der Waals surface area contributed by atoms with E-state index in [1.807, 2.05) is 6.92 Å². The lowest BCUT2D eigenvalue weighted by atomic mass is 9.82. The number of hydrogen-bond acceptors (Lipinski definition) is 4. The molecular formula is C10H21N3O2. The van der Waals surface area contributed by atoms with Crippen LogP contribution in [0.1, 0.15) is 39.0 Å². The van der Waals surface area contributed by atoms with E-state index in [1.54, 1.807) is 0 Å². The average Bonchev–Trinajstić information content (AvgIpc) is 2.29. The topological polar surface area (TPSA) is 90.9 Å². The summed E-state index contributed by atoms with van der Waals surface area (Å²) in [5.74, 6) is 0.161. The molecule has 0 spiro atoms. The van der Waals surface area contributed by atoms with E-state index >= 15 is 0 Å². The summed E-state index contributed by atoms with van der Waals surface area (Å²) < 4.78 is 0. The molecule has 0 aromatic rings. The van der Waals surface area contributed by atoms with E-state index in [0.29, 0.717) is 0 Å². The van der Waals surface area contributed by atoms with Gasteiger partial charge in [0.1, 0.15) is 0 Å². The molecule has 1 unspecified atom stereocenters. The first-order valence-corrected chi connectivity index (χ1v) is 5.49. The standard InChI is InChI=1S/C10H21N3O2/c1-8(9(11)13-15)12-10(7-14)5-3-2-4-6-10/h8,12,14-15H,2-7H2,1H3,(H2,11,13). The third kappa shape index (κ3) is 3.07. The highest BCUT2D eigenvalue weighted by atomic mass is 16.4. The van der Waals surface area contributed by atoms with E-state index in [0.717, 1.165) is 25.7 Å². The number of nitrogens with two attached hydrogens (primary N) is 1. The van der Waals surface area contributed by atoms with Crippen LogP contribution in [0, 0.1) is 0 Å². The van der Waals surface area contributed by atoms with Crippen LogP contribution in [-0.2, 0) is 0 Å². The quantitative estimate of drug-likeness (QED) is 0.236. The molecule has 0 heterocycles. The van der Waals surface area contributed by atoms with Gasteiger partial charge in [0.25, 0.3) is 0 Å². The lowest BCUT2D eigenvalue weighted by Gasteiger charge is -2.38. The summed E-state index contributed by atoms with van der Waals surface area (Å²) in [6.45, 7) is 1.94. The molecule has 0 aromatic heterocycles. The first-order chi connectivity index (χ1) is 7.13. The summed E-state index contributed by atoms with van der Waals surface area (Å²) in [5, 5.41) is 24.2. The van der Waals surface area contributed by atoms with Crippen molar-refractivity contribution in [2.45, 2.75) is 50.6 Å². The van der Waals surface area contributed by atoms with Crippen molar-refractivity contribution in [3.8, 4) is 0 Å². The Morgan fingerprint density at radius 3 is 2.53 bits per heavy atom. The monoisotopic (exact) mass is 215 g/mol. The van der Waals surface area contributed by atoms with Crippen LogP contribution in [-0.4, -0.2) is 34.3 Å². The number of nitrogens with one attached hydrogen (secondary N) is 1. The predicted molar refractivity (Wildman–Crippen MR) is 58.9 cm³/mol. The number of hydrogen-bond donors (Lipinski definition) is 4. The summed E-state index contributed by atoms with van der Waals surface area (Å²) in [6, 6.07) is -0.208. The molecule has 0 radical (unpaired) electrons. The van der Waals surface area contributed by atoms with Crippen LogP contribution in [0.4, 0.5) is 0 Å². The maximum absolute atomic E-state index is 9.44. The van der Waals surface area contributed by atoms with Crippen molar-refractivity contribution in [2.75, 3.05) is 6.61 Å². The van der Waals surface area contributed by atoms with Crippen molar-refractivity contribution in [1.82, 2.24) is 5.32 Å². The van der Waals surface area contributed by atoms with E-state index in [4.69, 9.17) is 10.9 Å². The zero-order chi connectivity index (χ0) is 11.3. The SMILES string of the molecule is CC(NC1(CO)CCCCC1)C(N)=NO. The lowest BCUT2D eigenvalue weighted by molar-refractivity contribution is 0.117.